The second kappa shape index (κ2) is 11.5. The van der Waals surface area contributed by atoms with Crippen molar-refractivity contribution in [3.8, 4) is 0 Å². The molecule has 0 bridgehead atoms. The first-order chi connectivity index (χ1) is 19.0. The molecule has 5 rings (SSSR count). The van der Waals surface area contributed by atoms with Crippen molar-refractivity contribution in [2.75, 3.05) is 18.0 Å². The van der Waals surface area contributed by atoms with Gasteiger partial charge in [0.05, 0.1) is 5.69 Å². The van der Waals surface area contributed by atoms with Crippen molar-refractivity contribution in [1.29, 1.82) is 0 Å². The van der Waals surface area contributed by atoms with E-state index in [4.69, 9.17) is 0 Å². The predicted octanol–water partition coefficient (Wildman–Crippen LogP) is 5.11. The standard InChI is InChI=1S/C32H30FN3O3/c1-2-18-34-31(38)28(19-22-10-4-3-5-11-22)35(20-24-12-6-7-16-26(24)33)29(37)21-36-27-17-9-14-23-13-8-15-25(30(23)27)32(36)39/h3-17,28H,2,18-21H2,1H3,(H,34,38)/t28-/m1/s1. The SMILES string of the molecule is CCCNC(=O)[C@@H](Cc1ccccc1)N(Cc1ccccc1F)C(=O)CN1C(=O)c2cccc3cccc1c23. The molecule has 4 aromatic rings. The molecular formula is C32H30FN3O3. The van der Waals surface area contributed by atoms with E-state index < -0.39 is 17.8 Å². The van der Waals surface area contributed by atoms with Gasteiger partial charge in [0.2, 0.25) is 11.8 Å². The van der Waals surface area contributed by atoms with Gasteiger partial charge >= 0.3 is 0 Å². The number of amides is 3. The fourth-order valence-corrected chi connectivity index (χ4v) is 5.09. The predicted molar refractivity (Wildman–Crippen MR) is 150 cm³/mol. The van der Waals surface area contributed by atoms with E-state index in [0.29, 0.717) is 23.4 Å². The van der Waals surface area contributed by atoms with E-state index in [1.807, 2.05) is 67.6 Å². The van der Waals surface area contributed by atoms with Gasteiger partial charge in [-0.3, -0.25) is 19.3 Å². The van der Waals surface area contributed by atoms with E-state index in [9.17, 15) is 18.8 Å². The van der Waals surface area contributed by atoms with E-state index in [1.165, 1.54) is 15.9 Å². The van der Waals surface area contributed by atoms with E-state index in [1.54, 1.807) is 24.3 Å². The van der Waals surface area contributed by atoms with Crippen molar-refractivity contribution < 1.29 is 18.8 Å². The van der Waals surface area contributed by atoms with Crippen LogP contribution in [0.5, 0.6) is 0 Å². The Morgan fingerprint density at radius 3 is 2.38 bits per heavy atom. The fourth-order valence-electron chi connectivity index (χ4n) is 5.09. The number of carbonyl (C=O) groups excluding carboxylic acids is 3. The lowest BCUT2D eigenvalue weighted by atomic mass is 10.0. The molecule has 0 saturated heterocycles. The molecule has 1 aliphatic rings. The van der Waals surface area contributed by atoms with Crippen molar-refractivity contribution in [3.05, 3.63) is 114 Å². The Bertz CT molecular complexity index is 1520. The molecule has 3 amide bonds. The number of anilines is 1. The number of carbonyl (C=O) groups is 3. The minimum atomic E-state index is -0.901. The highest BCUT2D eigenvalue weighted by Crippen LogP contribution is 2.37. The summed E-state index contributed by atoms with van der Waals surface area (Å²) in [7, 11) is 0. The normalized spacial score (nSPS) is 13.0. The summed E-state index contributed by atoms with van der Waals surface area (Å²) in [5.74, 6) is -1.49. The van der Waals surface area contributed by atoms with Crippen LogP contribution >= 0.6 is 0 Å². The quantitative estimate of drug-likeness (QED) is 0.314. The third-order valence-electron chi connectivity index (χ3n) is 7.06. The van der Waals surface area contributed by atoms with Crippen LogP contribution < -0.4 is 10.2 Å². The first-order valence-electron chi connectivity index (χ1n) is 13.2. The van der Waals surface area contributed by atoms with E-state index in [2.05, 4.69) is 5.32 Å². The number of hydrogen-bond donors (Lipinski definition) is 1. The molecule has 1 aliphatic heterocycles. The molecule has 4 aromatic carbocycles. The van der Waals surface area contributed by atoms with Gasteiger partial charge in [-0.05, 0) is 35.6 Å². The topological polar surface area (TPSA) is 69.7 Å². The van der Waals surface area contributed by atoms with Crippen molar-refractivity contribution in [2.45, 2.75) is 32.4 Å². The van der Waals surface area contributed by atoms with Crippen LogP contribution in [0.4, 0.5) is 10.1 Å². The summed E-state index contributed by atoms with van der Waals surface area (Å²) < 4.78 is 14.8. The van der Waals surface area contributed by atoms with E-state index >= 15 is 0 Å². The van der Waals surface area contributed by atoms with Crippen molar-refractivity contribution in [3.63, 3.8) is 0 Å². The van der Waals surface area contributed by atoms with Gasteiger partial charge in [-0.2, -0.15) is 0 Å². The Balaban J connectivity index is 1.51. The van der Waals surface area contributed by atoms with Gasteiger partial charge in [0.15, 0.2) is 0 Å². The molecule has 6 nitrogen and oxygen atoms in total. The maximum Gasteiger partial charge on any atom is 0.259 e. The molecule has 0 aromatic heterocycles. The van der Waals surface area contributed by atoms with E-state index in [-0.39, 0.29) is 31.3 Å². The average Bonchev–Trinajstić information content (AvgIpc) is 3.23. The Hall–Kier alpha value is -4.52. The van der Waals surface area contributed by atoms with Crippen LogP contribution in [0.25, 0.3) is 10.8 Å². The van der Waals surface area contributed by atoms with Crippen LogP contribution in [0.3, 0.4) is 0 Å². The number of halogens is 1. The first kappa shape index (κ1) is 26.1. The Kier molecular flexibility index (Phi) is 7.68. The van der Waals surface area contributed by atoms with E-state index in [0.717, 1.165) is 22.8 Å². The largest absolute Gasteiger partial charge is 0.354 e. The third kappa shape index (κ3) is 5.39. The highest BCUT2D eigenvalue weighted by Gasteiger charge is 2.36. The zero-order valence-corrected chi connectivity index (χ0v) is 21.8. The molecule has 1 atom stereocenters. The van der Waals surface area contributed by atoms with Crippen LogP contribution in [-0.2, 0) is 22.6 Å². The summed E-state index contributed by atoms with van der Waals surface area (Å²) in [6.07, 6.45) is 0.982. The second-order valence-electron chi connectivity index (χ2n) is 9.68. The zero-order valence-electron chi connectivity index (χ0n) is 21.8. The second-order valence-corrected chi connectivity index (χ2v) is 9.68. The average molecular weight is 524 g/mol. The lowest BCUT2D eigenvalue weighted by Gasteiger charge is -2.33. The summed E-state index contributed by atoms with van der Waals surface area (Å²) in [5.41, 5.74) is 2.36. The molecule has 7 heteroatoms. The van der Waals surface area contributed by atoms with Crippen molar-refractivity contribution in [2.24, 2.45) is 0 Å². The van der Waals surface area contributed by atoms with Crippen molar-refractivity contribution >= 4 is 34.2 Å². The molecule has 39 heavy (non-hydrogen) atoms. The molecule has 1 N–H and O–H groups in total. The van der Waals surface area contributed by atoms with Crippen LogP contribution in [0, 0.1) is 5.82 Å². The Labute approximate surface area is 227 Å². The minimum absolute atomic E-state index is 0.109. The van der Waals surface area contributed by atoms with Gasteiger partial charge < -0.3 is 10.2 Å². The Morgan fingerprint density at radius 2 is 1.64 bits per heavy atom. The molecule has 0 unspecified atom stereocenters. The highest BCUT2D eigenvalue weighted by molar-refractivity contribution is 6.26. The van der Waals surface area contributed by atoms with Crippen LogP contribution in [-0.4, -0.2) is 41.8 Å². The molecule has 1 heterocycles. The molecule has 0 radical (unpaired) electrons. The van der Waals surface area contributed by atoms with Crippen LogP contribution in [0.1, 0.15) is 34.8 Å². The van der Waals surface area contributed by atoms with Gasteiger partial charge in [-0.25, -0.2) is 4.39 Å². The van der Waals surface area contributed by atoms with Gasteiger partial charge in [0, 0.05) is 36.0 Å². The first-order valence-corrected chi connectivity index (χ1v) is 13.2. The summed E-state index contributed by atoms with van der Waals surface area (Å²) in [4.78, 5) is 43.8. The summed E-state index contributed by atoms with van der Waals surface area (Å²) >= 11 is 0. The number of rotatable bonds is 10. The third-order valence-corrected chi connectivity index (χ3v) is 7.06. The molecule has 198 valence electrons. The molecule has 0 spiro atoms. The van der Waals surface area contributed by atoms with Gasteiger partial charge in [0.1, 0.15) is 18.4 Å². The monoisotopic (exact) mass is 523 g/mol. The fraction of sp³-hybridized carbons (Fsp3) is 0.219. The van der Waals surface area contributed by atoms with Gasteiger partial charge in [-0.1, -0.05) is 79.7 Å². The van der Waals surface area contributed by atoms with Gasteiger partial charge in [-0.15, -0.1) is 0 Å². The zero-order chi connectivity index (χ0) is 27.4. The lowest BCUT2D eigenvalue weighted by Crippen LogP contribution is -2.53. The smallest absolute Gasteiger partial charge is 0.259 e. The molecule has 0 aliphatic carbocycles. The van der Waals surface area contributed by atoms with Crippen molar-refractivity contribution in [1.82, 2.24) is 10.2 Å². The summed E-state index contributed by atoms with van der Waals surface area (Å²) in [6.45, 7) is 2.02. The van der Waals surface area contributed by atoms with Gasteiger partial charge in [0.25, 0.3) is 5.91 Å². The maximum absolute atomic E-state index is 14.8. The summed E-state index contributed by atoms with van der Waals surface area (Å²) in [5, 5.41) is 4.63. The number of nitrogens with one attached hydrogen (secondary N) is 1. The minimum Gasteiger partial charge on any atom is -0.354 e. The molecule has 0 fully saturated rings. The highest BCUT2D eigenvalue weighted by atomic mass is 19.1. The maximum atomic E-state index is 14.8. The lowest BCUT2D eigenvalue weighted by molar-refractivity contribution is -0.140. The number of hydrogen-bond acceptors (Lipinski definition) is 3. The number of benzene rings is 4. The van der Waals surface area contributed by atoms with Crippen LogP contribution in [0.2, 0.25) is 0 Å². The molecule has 0 saturated carbocycles. The Morgan fingerprint density at radius 1 is 0.923 bits per heavy atom. The number of nitrogens with zero attached hydrogens (tertiary/aromatic N) is 2. The summed E-state index contributed by atoms with van der Waals surface area (Å²) in [6, 6.07) is 25.9. The van der Waals surface area contributed by atoms with Crippen LogP contribution in [0.15, 0.2) is 91.0 Å². The molecular weight excluding hydrogens is 493 g/mol.